The third-order valence-corrected chi connectivity index (χ3v) is 1.75. The summed E-state index contributed by atoms with van der Waals surface area (Å²) in [6.07, 6.45) is 0. The molecule has 10 heavy (non-hydrogen) atoms. The van der Waals surface area contributed by atoms with Crippen LogP contribution >= 0.6 is 7.82 Å². The predicted octanol–water partition coefficient (Wildman–Crippen LogP) is 0.511. The van der Waals surface area contributed by atoms with Gasteiger partial charge in [-0.25, -0.2) is 4.57 Å². The van der Waals surface area contributed by atoms with Crippen LogP contribution in [0.25, 0.3) is 0 Å². The first-order valence-corrected chi connectivity index (χ1v) is 4.23. The zero-order valence-corrected chi connectivity index (χ0v) is 6.43. The standard InChI is InChI=1S/C4H11O4P.K.H/c1-3-7-9(5,6)8-4-2;;/h3-4H2,1-2H3,(H,5,6);;. The molecule has 0 aromatic carbocycles. The monoisotopic (exact) mass is 194 g/mol. The Morgan fingerprint density at radius 3 is 1.80 bits per heavy atom. The van der Waals surface area contributed by atoms with E-state index in [-0.39, 0.29) is 64.6 Å². The summed E-state index contributed by atoms with van der Waals surface area (Å²) in [6, 6.07) is 0. The van der Waals surface area contributed by atoms with Crippen molar-refractivity contribution in [1.29, 1.82) is 0 Å². The molecule has 0 aliphatic carbocycles. The van der Waals surface area contributed by atoms with Gasteiger partial charge in [0.15, 0.2) is 0 Å². The van der Waals surface area contributed by atoms with Crippen molar-refractivity contribution in [2.45, 2.75) is 13.8 Å². The van der Waals surface area contributed by atoms with E-state index in [1.54, 1.807) is 13.8 Å². The maximum atomic E-state index is 10.5. The number of phosphoric ester groups is 1. The van der Waals surface area contributed by atoms with Crippen molar-refractivity contribution in [2.24, 2.45) is 0 Å². The number of phosphoric acid groups is 1. The molecule has 0 heterocycles. The van der Waals surface area contributed by atoms with Gasteiger partial charge in [-0.3, -0.25) is 9.05 Å². The minimum atomic E-state index is -3.69. The number of hydrogen-bond donors (Lipinski definition) is 1. The second kappa shape index (κ2) is 7.40. The van der Waals surface area contributed by atoms with Crippen LogP contribution in [-0.4, -0.2) is 69.5 Å². The van der Waals surface area contributed by atoms with Gasteiger partial charge in [0.2, 0.25) is 0 Å². The summed E-state index contributed by atoms with van der Waals surface area (Å²) in [6.45, 7) is 3.63. The van der Waals surface area contributed by atoms with E-state index >= 15 is 0 Å². The minimum absolute atomic E-state index is 0. The topological polar surface area (TPSA) is 55.8 Å². The van der Waals surface area contributed by atoms with E-state index in [2.05, 4.69) is 9.05 Å². The second-order valence-corrected chi connectivity index (χ2v) is 2.76. The van der Waals surface area contributed by atoms with E-state index in [0.717, 1.165) is 0 Å². The van der Waals surface area contributed by atoms with Crippen LogP contribution in [0.1, 0.15) is 13.8 Å². The summed E-state index contributed by atoms with van der Waals surface area (Å²) >= 11 is 0. The van der Waals surface area contributed by atoms with Gasteiger partial charge in [0.05, 0.1) is 13.2 Å². The quantitative estimate of drug-likeness (QED) is 0.523. The average molecular weight is 194 g/mol. The summed E-state index contributed by atoms with van der Waals surface area (Å²) in [5, 5.41) is 0. The molecule has 0 aromatic heterocycles. The first-order valence-electron chi connectivity index (χ1n) is 2.74. The van der Waals surface area contributed by atoms with E-state index in [1.807, 2.05) is 0 Å². The van der Waals surface area contributed by atoms with Gasteiger partial charge in [0.25, 0.3) is 0 Å². The molecule has 58 valence electrons. The normalized spacial score (nSPS) is 10.7. The van der Waals surface area contributed by atoms with Crippen LogP contribution in [0, 0.1) is 0 Å². The molecule has 0 atom stereocenters. The van der Waals surface area contributed by atoms with Gasteiger partial charge >= 0.3 is 59.2 Å². The van der Waals surface area contributed by atoms with Crippen LogP contribution in [-0.2, 0) is 13.6 Å². The molecule has 4 nitrogen and oxygen atoms in total. The van der Waals surface area contributed by atoms with Crippen LogP contribution in [0.4, 0.5) is 0 Å². The second-order valence-electron chi connectivity index (χ2n) is 1.30. The van der Waals surface area contributed by atoms with Crippen molar-refractivity contribution < 1.29 is 18.5 Å². The van der Waals surface area contributed by atoms with E-state index in [0.29, 0.717) is 0 Å². The van der Waals surface area contributed by atoms with Gasteiger partial charge in [-0.05, 0) is 13.8 Å². The Morgan fingerprint density at radius 2 is 1.60 bits per heavy atom. The van der Waals surface area contributed by atoms with Gasteiger partial charge in [0, 0.05) is 0 Å². The Kier molecular flexibility index (Phi) is 10.6. The summed E-state index contributed by atoms with van der Waals surface area (Å²) in [5.41, 5.74) is 0. The van der Waals surface area contributed by atoms with Crippen LogP contribution in [0.15, 0.2) is 0 Å². The van der Waals surface area contributed by atoms with E-state index in [4.69, 9.17) is 4.89 Å². The van der Waals surface area contributed by atoms with Gasteiger partial charge in [0.1, 0.15) is 0 Å². The summed E-state index contributed by atoms with van der Waals surface area (Å²) < 4.78 is 19.2. The zero-order chi connectivity index (χ0) is 7.33. The van der Waals surface area contributed by atoms with Crippen molar-refractivity contribution in [3.63, 3.8) is 0 Å². The molecule has 0 saturated heterocycles. The molecule has 0 radical (unpaired) electrons. The van der Waals surface area contributed by atoms with Crippen molar-refractivity contribution >= 4 is 59.2 Å². The molecule has 6 heteroatoms. The van der Waals surface area contributed by atoms with Crippen molar-refractivity contribution in [3.8, 4) is 0 Å². The third kappa shape index (κ3) is 7.85. The van der Waals surface area contributed by atoms with Crippen LogP contribution in [0.5, 0.6) is 0 Å². The first-order chi connectivity index (χ1) is 4.12. The van der Waals surface area contributed by atoms with Crippen LogP contribution < -0.4 is 0 Å². The molecule has 0 aromatic rings. The average Bonchev–Trinajstić information content (AvgIpc) is 1.64. The Labute approximate surface area is 103 Å². The molecule has 1 N–H and O–H groups in total. The zero-order valence-electron chi connectivity index (χ0n) is 5.53. The molecule has 0 aliphatic heterocycles. The van der Waals surface area contributed by atoms with E-state index in [1.165, 1.54) is 0 Å². The SMILES string of the molecule is CCOP(=O)(O)OCC.[KH]. The Balaban J connectivity index is 0. The molecule has 0 bridgehead atoms. The van der Waals surface area contributed by atoms with Crippen molar-refractivity contribution in [2.75, 3.05) is 13.2 Å². The molecule has 0 aliphatic rings. The summed E-state index contributed by atoms with van der Waals surface area (Å²) in [7, 11) is -3.69. The molecule has 0 spiro atoms. The van der Waals surface area contributed by atoms with Gasteiger partial charge < -0.3 is 4.89 Å². The van der Waals surface area contributed by atoms with Crippen LogP contribution in [0.2, 0.25) is 0 Å². The molecule has 0 amide bonds. The molecule has 0 saturated carbocycles. The number of hydrogen-bond acceptors (Lipinski definition) is 3. The van der Waals surface area contributed by atoms with Crippen molar-refractivity contribution in [3.05, 3.63) is 0 Å². The van der Waals surface area contributed by atoms with Gasteiger partial charge in [-0.15, -0.1) is 0 Å². The van der Waals surface area contributed by atoms with Gasteiger partial charge in [-0.1, -0.05) is 0 Å². The summed E-state index contributed by atoms with van der Waals surface area (Å²) in [4.78, 5) is 8.63. The van der Waals surface area contributed by atoms with E-state index < -0.39 is 7.82 Å². The maximum absolute atomic E-state index is 10.5. The predicted molar refractivity (Wildman–Crippen MR) is 40.2 cm³/mol. The number of rotatable bonds is 4. The molecule has 0 rings (SSSR count). The molecule has 0 fully saturated rings. The fraction of sp³-hybridized carbons (Fsp3) is 1.00. The molecular weight excluding hydrogens is 182 g/mol. The molecular formula is C4H12KO4P. The summed E-state index contributed by atoms with van der Waals surface area (Å²) in [5.74, 6) is 0. The van der Waals surface area contributed by atoms with Crippen molar-refractivity contribution in [1.82, 2.24) is 0 Å². The fourth-order valence-electron chi connectivity index (χ4n) is 0.364. The first kappa shape index (κ1) is 14.3. The Hall–Kier alpha value is 1.75. The Bertz CT molecular complexity index is 108. The molecule has 0 unspecified atom stereocenters. The van der Waals surface area contributed by atoms with Gasteiger partial charge in [-0.2, -0.15) is 0 Å². The Morgan fingerprint density at radius 1 is 1.30 bits per heavy atom. The third-order valence-electron chi connectivity index (χ3n) is 0.584. The van der Waals surface area contributed by atoms with Crippen LogP contribution in [0.3, 0.4) is 0 Å². The fourth-order valence-corrected chi connectivity index (χ4v) is 1.09. The van der Waals surface area contributed by atoms with E-state index in [9.17, 15) is 4.57 Å².